The number of fused-ring (bicyclic) bond motifs is 1. The number of aromatic hydroxyl groups is 1. The number of amides is 1. The Hall–Kier alpha value is -3.00. The largest absolute Gasteiger partial charge is 0.504 e. The van der Waals surface area contributed by atoms with Gasteiger partial charge in [0.15, 0.2) is 17.3 Å². The first-order valence-corrected chi connectivity index (χ1v) is 9.42. The Bertz CT molecular complexity index is 1000. The fraction of sp³-hybridized carbons (Fsp3) is 0.211. The average Bonchev–Trinajstić information content (AvgIpc) is 2.89. The molecule has 1 aliphatic rings. The van der Waals surface area contributed by atoms with Crippen LogP contribution in [0.3, 0.4) is 0 Å². The number of methoxy groups -OCH3 is 1. The van der Waals surface area contributed by atoms with Gasteiger partial charge in [-0.15, -0.1) is 11.8 Å². The summed E-state index contributed by atoms with van der Waals surface area (Å²) in [4.78, 5) is 16.7. The van der Waals surface area contributed by atoms with E-state index in [0.717, 1.165) is 16.8 Å². The van der Waals surface area contributed by atoms with Crippen LogP contribution in [0.1, 0.15) is 22.1 Å². The minimum Gasteiger partial charge on any atom is -0.504 e. The lowest BCUT2D eigenvalue weighted by atomic mass is 10.0. The monoisotopic (exact) mass is 382 g/mol. The second kappa shape index (κ2) is 6.96. The number of phenols is 1. The van der Waals surface area contributed by atoms with Crippen LogP contribution in [0.25, 0.3) is 5.82 Å². The molecule has 0 bridgehead atoms. The molecule has 3 heterocycles. The first kappa shape index (κ1) is 17.4. The minimum absolute atomic E-state index is 0.0789. The van der Waals surface area contributed by atoms with E-state index in [1.165, 1.54) is 18.9 Å². The molecule has 0 fully saturated rings. The van der Waals surface area contributed by atoms with Crippen LogP contribution in [0, 0.1) is 6.92 Å². The maximum Gasteiger partial charge on any atom is 0.235 e. The Kier molecular flexibility index (Phi) is 4.49. The Balaban J connectivity index is 1.88. The third kappa shape index (κ3) is 3.12. The third-order valence-electron chi connectivity index (χ3n) is 4.38. The van der Waals surface area contributed by atoms with Gasteiger partial charge in [0.2, 0.25) is 5.91 Å². The number of ether oxygens (including phenoxy) is 1. The first-order chi connectivity index (χ1) is 13.1. The number of benzene rings is 1. The summed E-state index contributed by atoms with van der Waals surface area (Å²) in [5, 5.41) is 17.4. The van der Waals surface area contributed by atoms with Gasteiger partial charge >= 0.3 is 0 Å². The highest BCUT2D eigenvalue weighted by Gasteiger charge is 2.31. The summed E-state index contributed by atoms with van der Waals surface area (Å²) in [6.07, 6.45) is 1.69. The molecule has 1 amide bonds. The normalized spacial score (nSPS) is 16.4. The van der Waals surface area contributed by atoms with Crippen molar-refractivity contribution in [3.8, 4) is 17.3 Å². The Morgan fingerprint density at radius 2 is 2.19 bits per heavy atom. The number of aromatic nitrogens is 3. The standard InChI is InChI=1S/C19H18N4O3S/c1-11-17-18(12-6-7-13(24)14(9-12)26-2)27-10-16(25)21-19(17)23(22-11)15-5-3-4-8-20-15/h3-9,18,24H,10H2,1-2H3,(H,21,25). The van der Waals surface area contributed by atoms with Gasteiger partial charge in [-0.1, -0.05) is 12.1 Å². The van der Waals surface area contributed by atoms with Gasteiger partial charge in [-0.3, -0.25) is 4.79 Å². The van der Waals surface area contributed by atoms with Crippen LogP contribution in [0.5, 0.6) is 11.5 Å². The van der Waals surface area contributed by atoms with Crippen molar-refractivity contribution in [2.24, 2.45) is 0 Å². The molecular formula is C19H18N4O3S. The molecule has 3 aromatic rings. The van der Waals surface area contributed by atoms with Crippen molar-refractivity contribution in [2.45, 2.75) is 12.2 Å². The summed E-state index contributed by atoms with van der Waals surface area (Å²) >= 11 is 1.51. The summed E-state index contributed by atoms with van der Waals surface area (Å²) < 4.78 is 6.91. The molecule has 1 atom stereocenters. The number of carbonyl (C=O) groups excluding carboxylic acids is 1. The molecular weight excluding hydrogens is 364 g/mol. The van der Waals surface area contributed by atoms with E-state index in [2.05, 4.69) is 15.4 Å². The number of hydrogen-bond donors (Lipinski definition) is 2. The third-order valence-corrected chi connectivity index (χ3v) is 5.65. The molecule has 0 radical (unpaired) electrons. The Morgan fingerprint density at radius 3 is 2.93 bits per heavy atom. The van der Waals surface area contributed by atoms with E-state index >= 15 is 0 Å². The zero-order valence-corrected chi connectivity index (χ0v) is 15.7. The highest BCUT2D eigenvalue weighted by Crippen LogP contribution is 2.45. The van der Waals surface area contributed by atoms with Crippen LogP contribution in [-0.2, 0) is 4.79 Å². The van der Waals surface area contributed by atoms with Crippen LogP contribution in [0.2, 0.25) is 0 Å². The van der Waals surface area contributed by atoms with Gasteiger partial charge < -0.3 is 15.2 Å². The Labute approximate surface area is 160 Å². The van der Waals surface area contributed by atoms with E-state index in [4.69, 9.17) is 4.74 Å². The van der Waals surface area contributed by atoms with E-state index < -0.39 is 0 Å². The topological polar surface area (TPSA) is 89.3 Å². The minimum atomic E-state index is -0.133. The molecule has 8 heteroatoms. The summed E-state index contributed by atoms with van der Waals surface area (Å²) in [5.74, 6) is 1.95. The van der Waals surface area contributed by atoms with Crippen LogP contribution in [0.4, 0.5) is 5.82 Å². The van der Waals surface area contributed by atoms with E-state index in [-0.39, 0.29) is 16.9 Å². The predicted molar refractivity (Wildman–Crippen MR) is 104 cm³/mol. The number of carbonyl (C=O) groups is 1. The van der Waals surface area contributed by atoms with Gasteiger partial charge in [0.25, 0.3) is 0 Å². The van der Waals surface area contributed by atoms with Crippen LogP contribution < -0.4 is 10.1 Å². The molecule has 27 heavy (non-hydrogen) atoms. The molecule has 4 rings (SSSR count). The summed E-state index contributed by atoms with van der Waals surface area (Å²) in [6.45, 7) is 1.92. The van der Waals surface area contributed by atoms with E-state index in [1.807, 2.05) is 31.2 Å². The summed E-state index contributed by atoms with van der Waals surface area (Å²) in [6, 6.07) is 10.8. The average molecular weight is 382 g/mol. The fourth-order valence-corrected chi connectivity index (χ4v) is 4.33. The van der Waals surface area contributed by atoms with Gasteiger partial charge in [0.05, 0.1) is 23.8 Å². The van der Waals surface area contributed by atoms with Crippen molar-refractivity contribution in [3.05, 3.63) is 59.4 Å². The lowest BCUT2D eigenvalue weighted by molar-refractivity contribution is -0.113. The molecule has 7 nitrogen and oxygen atoms in total. The molecule has 2 N–H and O–H groups in total. The molecule has 0 saturated carbocycles. The van der Waals surface area contributed by atoms with E-state index in [1.54, 1.807) is 23.0 Å². The lowest BCUT2D eigenvalue weighted by Crippen LogP contribution is -2.16. The van der Waals surface area contributed by atoms with Crippen LogP contribution in [0.15, 0.2) is 42.6 Å². The molecule has 1 aromatic carbocycles. The fourth-order valence-electron chi connectivity index (χ4n) is 3.15. The van der Waals surface area contributed by atoms with Gasteiger partial charge in [0, 0.05) is 11.8 Å². The highest BCUT2D eigenvalue weighted by molar-refractivity contribution is 8.00. The molecule has 0 saturated heterocycles. The lowest BCUT2D eigenvalue weighted by Gasteiger charge is -2.16. The van der Waals surface area contributed by atoms with Crippen molar-refractivity contribution in [2.75, 3.05) is 18.2 Å². The predicted octanol–water partition coefficient (Wildman–Crippen LogP) is 3.06. The van der Waals surface area contributed by atoms with Gasteiger partial charge in [-0.25, -0.2) is 4.98 Å². The molecule has 0 aliphatic carbocycles. The molecule has 1 aliphatic heterocycles. The number of anilines is 1. The SMILES string of the molecule is COc1cc(C2SCC(=O)Nc3c2c(C)nn3-c2ccccn2)ccc1O. The number of pyridine rings is 1. The molecule has 138 valence electrons. The van der Waals surface area contributed by atoms with E-state index in [0.29, 0.717) is 23.1 Å². The zero-order valence-electron chi connectivity index (χ0n) is 14.8. The van der Waals surface area contributed by atoms with Crippen molar-refractivity contribution >= 4 is 23.5 Å². The van der Waals surface area contributed by atoms with Gasteiger partial charge in [0.1, 0.15) is 5.82 Å². The summed E-state index contributed by atoms with van der Waals surface area (Å²) in [7, 11) is 1.51. The number of phenolic OH excluding ortho intramolecular Hbond substituents is 1. The van der Waals surface area contributed by atoms with Gasteiger partial charge in [-0.2, -0.15) is 9.78 Å². The van der Waals surface area contributed by atoms with Crippen LogP contribution in [-0.4, -0.2) is 38.6 Å². The highest BCUT2D eigenvalue weighted by atomic mass is 32.2. The van der Waals surface area contributed by atoms with Crippen molar-refractivity contribution in [1.82, 2.24) is 14.8 Å². The maximum atomic E-state index is 12.3. The quantitative estimate of drug-likeness (QED) is 0.724. The second-order valence-corrected chi connectivity index (χ2v) is 7.21. The summed E-state index contributed by atoms with van der Waals surface area (Å²) in [5.41, 5.74) is 2.66. The number of thioether (sulfide) groups is 1. The van der Waals surface area contributed by atoms with E-state index in [9.17, 15) is 9.90 Å². The number of nitrogens with zero attached hydrogens (tertiary/aromatic N) is 3. The zero-order chi connectivity index (χ0) is 19.0. The van der Waals surface area contributed by atoms with Crippen LogP contribution >= 0.6 is 11.8 Å². The Morgan fingerprint density at radius 1 is 1.33 bits per heavy atom. The second-order valence-electron chi connectivity index (χ2n) is 6.12. The van der Waals surface area contributed by atoms with Gasteiger partial charge in [-0.05, 0) is 36.8 Å². The number of hydrogen-bond acceptors (Lipinski definition) is 6. The first-order valence-electron chi connectivity index (χ1n) is 8.37. The van der Waals surface area contributed by atoms with Crippen molar-refractivity contribution < 1.29 is 14.6 Å². The molecule has 2 aromatic heterocycles. The molecule has 0 spiro atoms. The number of aryl methyl sites for hydroxylation is 1. The maximum absolute atomic E-state index is 12.3. The van der Waals surface area contributed by atoms with Crippen molar-refractivity contribution in [1.29, 1.82) is 0 Å². The van der Waals surface area contributed by atoms with Crippen molar-refractivity contribution in [3.63, 3.8) is 0 Å². The smallest absolute Gasteiger partial charge is 0.235 e. The molecule has 1 unspecified atom stereocenters. The number of nitrogens with one attached hydrogen (secondary N) is 1. The number of rotatable bonds is 3.